The summed E-state index contributed by atoms with van der Waals surface area (Å²) in [5, 5.41) is 3.38. The van der Waals surface area contributed by atoms with Crippen LogP contribution in [0.1, 0.15) is 19.3 Å². The maximum Gasteiger partial charge on any atom is 0.0829 e. The van der Waals surface area contributed by atoms with Crippen LogP contribution in [0.3, 0.4) is 0 Å². The van der Waals surface area contributed by atoms with Gasteiger partial charge >= 0.3 is 0 Å². The van der Waals surface area contributed by atoms with Crippen LogP contribution in [-0.2, 0) is 4.74 Å². The van der Waals surface area contributed by atoms with Crippen LogP contribution in [-0.4, -0.2) is 50.3 Å². The Morgan fingerprint density at radius 2 is 2.00 bits per heavy atom. The van der Waals surface area contributed by atoms with Crippen molar-refractivity contribution in [3.8, 4) is 0 Å². The lowest BCUT2D eigenvalue weighted by Gasteiger charge is -2.43. The van der Waals surface area contributed by atoms with E-state index in [9.17, 15) is 0 Å². The van der Waals surface area contributed by atoms with E-state index in [1.165, 1.54) is 32.4 Å². The molecular weight excluding hydrogens is 164 g/mol. The predicted molar refractivity (Wildman–Crippen MR) is 52.9 cm³/mol. The molecule has 0 bridgehead atoms. The van der Waals surface area contributed by atoms with Gasteiger partial charge in [-0.25, -0.2) is 0 Å². The van der Waals surface area contributed by atoms with Crippen LogP contribution >= 0.6 is 0 Å². The molecule has 0 radical (unpaired) electrons. The van der Waals surface area contributed by atoms with Crippen molar-refractivity contribution < 1.29 is 4.74 Å². The minimum Gasteiger partial charge on any atom is -0.377 e. The van der Waals surface area contributed by atoms with Gasteiger partial charge in [0.25, 0.3) is 0 Å². The molecule has 2 fully saturated rings. The average Bonchev–Trinajstić information content (AvgIpc) is 2.13. The molecular formula is C10H20N2O. The Kier molecular flexibility index (Phi) is 2.86. The Morgan fingerprint density at radius 3 is 2.46 bits per heavy atom. The van der Waals surface area contributed by atoms with Crippen molar-refractivity contribution in [3.63, 3.8) is 0 Å². The first-order chi connectivity index (χ1) is 6.35. The van der Waals surface area contributed by atoms with Crippen molar-refractivity contribution in [2.45, 2.75) is 24.9 Å². The van der Waals surface area contributed by atoms with Crippen molar-refractivity contribution in [1.82, 2.24) is 10.2 Å². The van der Waals surface area contributed by atoms with E-state index in [1.807, 2.05) is 7.11 Å². The minimum absolute atomic E-state index is 0.158. The number of piperidine rings is 1. The molecule has 0 spiro atoms. The van der Waals surface area contributed by atoms with E-state index < -0.39 is 0 Å². The molecule has 3 heteroatoms. The van der Waals surface area contributed by atoms with E-state index in [-0.39, 0.29) is 5.60 Å². The third kappa shape index (κ3) is 2.03. The summed E-state index contributed by atoms with van der Waals surface area (Å²) >= 11 is 0. The van der Waals surface area contributed by atoms with E-state index >= 15 is 0 Å². The molecule has 0 unspecified atom stereocenters. The van der Waals surface area contributed by atoms with E-state index in [0.717, 1.165) is 19.6 Å². The fraction of sp³-hybridized carbons (Fsp3) is 1.00. The zero-order chi connectivity index (χ0) is 9.15. The molecule has 3 nitrogen and oxygen atoms in total. The van der Waals surface area contributed by atoms with Crippen molar-refractivity contribution >= 4 is 0 Å². The van der Waals surface area contributed by atoms with Gasteiger partial charge in [0.1, 0.15) is 0 Å². The highest BCUT2D eigenvalue weighted by molar-refractivity contribution is 4.90. The van der Waals surface area contributed by atoms with Crippen LogP contribution < -0.4 is 5.32 Å². The maximum absolute atomic E-state index is 5.70. The molecule has 2 saturated heterocycles. The second-order valence-electron chi connectivity index (χ2n) is 4.27. The maximum atomic E-state index is 5.70. The van der Waals surface area contributed by atoms with Gasteiger partial charge in [0, 0.05) is 13.7 Å². The molecule has 2 aliphatic rings. The number of ether oxygens (including phenoxy) is 1. The number of rotatable bonds is 3. The summed E-state index contributed by atoms with van der Waals surface area (Å²) in [6.45, 7) is 5.92. The Bertz CT molecular complexity index is 162. The molecule has 0 aromatic carbocycles. The van der Waals surface area contributed by atoms with Crippen LogP contribution in [0.4, 0.5) is 0 Å². The third-order valence-electron chi connectivity index (χ3n) is 3.41. The van der Waals surface area contributed by atoms with Crippen molar-refractivity contribution in [3.05, 3.63) is 0 Å². The number of nitrogens with zero attached hydrogens (tertiary/aromatic N) is 1. The molecule has 2 heterocycles. The highest BCUT2D eigenvalue weighted by atomic mass is 16.5. The first-order valence-electron chi connectivity index (χ1n) is 5.33. The fourth-order valence-corrected chi connectivity index (χ4v) is 2.26. The molecule has 76 valence electrons. The van der Waals surface area contributed by atoms with Crippen LogP contribution in [0.15, 0.2) is 0 Å². The Balaban J connectivity index is 1.88. The molecule has 0 amide bonds. The Morgan fingerprint density at radius 1 is 1.31 bits per heavy atom. The minimum atomic E-state index is 0.158. The third-order valence-corrected chi connectivity index (χ3v) is 3.41. The highest BCUT2D eigenvalue weighted by Gasteiger charge is 2.34. The van der Waals surface area contributed by atoms with Gasteiger partial charge in [-0.1, -0.05) is 0 Å². The van der Waals surface area contributed by atoms with Gasteiger partial charge < -0.3 is 15.0 Å². The van der Waals surface area contributed by atoms with Crippen molar-refractivity contribution in [2.75, 3.05) is 39.8 Å². The first-order valence-corrected chi connectivity index (χ1v) is 5.33. The van der Waals surface area contributed by atoms with E-state index in [4.69, 9.17) is 4.74 Å². The second kappa shape index (κ2) is 3.95. The van der Waals surface area contributed by atoms with Gasteiger partial charge in [0.15, 0.2) is 0 Å². The zero-order valence-corrected chi connectivity index (χ0v) is 8.51. The van der Waals surface area contributed by atoms with Crippen molar-refractivity contribution in [2.24, 2.45) is 0 Å². The zero-order valence-electron chi connectivity index (χ0n) is 8.51. The molecule has 0 saturated carbocycles. The van der Waals surface area contributed by atoms with E-state index in [0.29, 0.717) is 0 Å². The average molecular weight is 184 g/mol. The molecule has 13 heavy (non-hydrogen) atoms. The molecule has 0 atom stereocenters. The van der Waals surface area contributed by atoms with Gasteiger partial charge in [-0.3, -0.25) is 0 Å². The number of methoxy groups -OCH3 is 1. The molecule has 1 N–H and O–H groups in total. The summed E-state index contributed by atoms with van der Waals surface area (Å²) in [6.07, 6.45) is 3.71. The van der Waals surface area contributed by atoms with Crippen molar-refractivity contribution in [1.29, 1.82) is 0 Å². The normalized spacial score (nSPS) is 28.4. The largest absolute Gasteiger partial charge is 0.377 e. The van der Waals surface area contributed by atoms with E-state index in [2.05, 4.69) is 10.2 Å². The van der Waals surface area contributed by atoms with Crippen LogP contribution in [0.5, 0.6) is 0 Å². The van der Waals surface area contributed by atoms with Gasteiger partial charge in [-0.2, -0.15) is 0 Å². The lowest BCUT2D eigenvalue weighted by Crippen LogP contribution is -2.54. The standard InChI is InChI=1S/C10H20N2O/c1-13-10(3-5-11-6-4-10)9-12-7-2-8-12/h11H,2-9H2,1H3. The highest BCUT2D eigenvalue weighted by Crippen LogP contribution is 2.25. The Labute approximate surface area is 80.4 Å². The van der Waals surface area contributed by atoms with Gasteiger partial charge in [0.2, 0.25) is 0 Å². The number of hydrogen-bond donors (Lipinski definition) is 1. The van der Waals surface area contributed by atoms with Gasteiger partial charge in [-0.15, -0.1) is 0 Å². The van der Waals surface area contributed by atoms with Gasteiger partial charge in [0.05, 0.1) is 5.60 Å². The second-order valence-corrected chi connectivity index (χ2v) is 4.27. The lowest BCUT2D eigenvalue weighted by atomic mass is 9.90. The summed E-state index contributed by atoms with van der Waals surface area (Å²) in [4.78, 5) is 2.51. The SMILES string of the molecule is COC1(CN2CCC2)CCNCC1. The molecule has 2 rings (SSSR count). The quantitative estimate of drug-likeness (QED) is 0.689. The number of nitrogens with one attached hydrogen (secondary N) is 1. The van der Waals surface area contributed by atoms with Crippen LogP contribution in [0.25, 0.3) is 0 Å². The summed E-state index contributed by atoms with van der Waals surface area (Å²) < 4.78 is 5.70. The van der Waals surface area contributed by atoms with Crippen LogP contribution in [0, 0.1) is 0 Å². The summed E-state index contributed by atoms with van der Waals surface area (Å²) in [5.41, 5.74) is 0.158. The molecule has 0 aromatic heterocycles. The lowest BCUT2D eigenvalue weighted by molar-refractivity contribution is -0.0670. The first kappa shape index (κ1) is 9.44. The summed E-state index contributed by atoms with van der Waals surface area (Å²) in [5.74, 6) is 0. The molecule has 0 aliphatic carbocycles. The molecule has 0 aromatic rings. The summed E-state index contributed by atoms with van der Waals surface area (Å²) in [7, 11) is 1.87. The monoisotopic (exact) mass is 184 g/mol. The smallest absolute Gasteiger partial charge is 0.0829 e. The number of likely N-dealkylation sites (tertiary alicyclic amines) is 1. The fourth-order valence-electron chi connectivity index (χ4n) is 2.26. The van der Waals surface area contributed by atoms with Crippen LogP contribution in [0.2, 0.25) is 0 Å². The summed E-state index contributed by atoms with van der Waals surface area (Å²) in [6, 6.07) is 0. The molecule has 2 aliphatic heterocycles. The predicted octanol–water partition coefficient (Wildman–Crippen LogP) is 0.461. The number of hydrogen-bond acceptors (Lipinski definition) is 3. The topological polar surface area (TPSA) is 24.5 Å². The van der Waals surface area contributed by atoms with Gasteiger partial charge in [-0.05, 0) is 45.4 Å². The Hall–Kier alpha value is -0.120. The van der Waals surface area contributed by atoms with E-state index in [1.54, 1.807) is 0 Å².